The topological polar surface area (TPSA) is 51.7 Å². The molecule has 3 fully saturated rings. The van der Waals surface area contributed by atoms with Gasteiger partial charge in [0.1, 0.15) is 0 Å². The second-order valence-corrected chi connectivity index (χ2v) is 7.53. The van der Waals surface area contributed by atoms with Crippen LogP contribution in [0.4, 0.5) is 0 Å². The molecule has 130 valence electrons. The molecule has 1 aromatic heterocycles. The van der Waals surface area contributed by atoms with E-state index >= 15 is 0 Å². The molecule has 5 heteroatoms. The zero-order valence-corrected chi connectivity index (χ0v) is 14.2. The molecule has 2 aliphatic heterocycles. The van der Waals surface area contributed by atoms with Gasteiger partial charge in [0.15, 0.2) is 0 Å². The maximum Gasteiger partial charge on any atom is 0.222 e. The Morgan fingerprint density at radius 3 is 3.08 bits per heavy atom. The minimum absolute atomic E-state index is 0.0900. The fourth-order valence-corrected chi connectivity index (χ4v) is 4.06. The van der Waals surface area contributed by atoms with Gasteiger partial charge in [-0.2, -0.15) is 0 Å². The standard InChI is InChI=1S/C19H26N2O3/c22-18(12-15-5-6-15)21-10-7-16-19(13-21,8-3-11-23-16)14-24-17-4-1-2-9-20-17/h1-2,4,9,15-16H,3,5-8,10-14H2/t16-,19+/m1/s1. The number of aromatic nitrogens is 1. The second-order valence-electron chi connectivity index (χ2n) is 7.53. The molecule has 3 heterocycles. The summed E-state index contributed by atoms with van der Waals surface area (Å²) in [5.41, 5.74) is -0.0900. The van der Waals surface area contributed by atoms with Crippen LogP contribution in [0, 0.1) is 11.3 Å². The second kappa shape index (κ2) is 6.71. The molecule has 5 nitrogen and oxygen atoms in total. The lowest BCUT2D eigenvalue weighted by Gasteiger charge is -2.50. The van der Waals surface area contributed by atoms with Crippen LogP contribution in [0.3, 0.4) is 0 Å². The van der Waals surface area contributed by atoms with E-state index < -0.39 is 0 Å². The van der Waals surface area contributed by atoms with E-state index in [1.807, 2.05) is 18.2 Å². The predicted octanol–water partition coefficient (Wildman–Crippen LogP) is 2.66. The zero-order chi connectivity index (χ0) is 16.4. The van der Waals surface area contributed by atoms with Crippen molar-refractivity contribution >= 4 is 5.91 Å². The van der Waals surface area contributed by atoms with Gasteiger partial charge in [0.25, 0.3) is 0 Å². The summed E-state index contributed by atoms with van der Waals surface area (Å²) in [7, 11) is 0. The number of amides is 1. The van der Waals surface area contributed by atoms with E-state index in [9.17, 15) is 4.79 Å². The highest BCUT2D eigenvalue weighted by Gasteiger charge is 2.48. The monoisotopic (exact) mass is 330 g/mol. The maximum atomic E-state index is 12.6. The Morgan fingerprint density at radius 1 is 1.38 bits per heavy atom. The van der Waals surface area contributed by atoms with Crippen molar-refractivity contribution in [1.29, 1.82) is 0 Å². The Labute approximate surface area is 143 Å². The molecule has 4 rings (SSSR count). The Balaban J connectivity index is 1.45. The van der Waals surface area contributed by atoms with E-state index in [1.54, 1.807) is 6.20 Å². The Kier molecular flexibility index (Phi) is 4.44. The number of likely N-dealkylation sites (tertiary alicyclic amines) is 1. The summed E-state index contributed by atoms with van der Waals surface area (Å²) in [4.78, 5) is 18.9. The van der Waals surface area contributed by atoms with Crippen molar-refractivity contribution in [3.8, 4) is 5.88 Å². The third-order valence-electron chi connectivity index (χ3n) is 5.65. The van der Waals surface area contributed by atoms with Crippen LogP contribution >= 0.6 is 0 Å². The van der Waals surface area contributed by atoms with Crippen molar-refractivity contribution in [1.82, 2.24) is 9.88 Å². The largest absolute Gasteiger partial charge is 0.477 e. The third kappa shape index (κ3) is 3.41. The molecule has 24 heavy (non-hydrogen) atoms. The Morgan fingerprint density at radius 2 is 2.29 bits per heavy atom. The first-order valence-electron chi connectivity index (χ1n) is 9.18. The van der Waals surface area contributed by atoms with Crippen LogP contribution in [-0.4, -0.2) is 48.2 Å². The van der Waals surface area contributed by atoms with Crippen LogP contribution in [0.5, 0.6) is 5.88 Å². The van der Waals surface area contributed by atoms with Crippen LogP contribution in [0.25, 0.3) is 0 Å². The third-order valence-corrected chi connectivity index (χ3v) is 5.65. The quantitative estimate of drug-likeness (QED) is 0.833. The summed E-state index contributed by atoms with van der Waals surface area (Å²) in [5, 5.41) is 0. The number of nitrogens with zero attached hydrogens (tertiary/aromatic N) is 2. The molecule has 2 atom stereocenters. The molecule has 0 radical (unpaired) electrons. The van der Waals surface area contributed by atoms with Gasteiger partial charge in [0.2, 0.25) is 11.8 Å². The number of hydrogen-bond acceptors (Lipinski definition) is 4. The summed E-state index contributed by atoms with van der Waals surface area (Å²) in [6, 6.07) is 5.70. The minimum Gasteiger partial charge on any atom is -0.477 e. The van der Waals surface area contributed by atoms with Crippen molar-refractivity contribution < 1.29 is 14.3 Å². The van der Waals surface area contributed by atoms with Gasteiger partial charge >= 0.3 is 0 Å². The smallest absolute Gasteiger partial charge is 0.222 e. The van der Waals surface area contributed by atoms with E-state index in [4.69, 9.17) is 9.47 Å². The number of piperidine rings is 1. The number of hydrogen-bond donors (Lipinski definition) is 0. The van der Waals surface area contributed by atoms with Crippen molar-refractivity contribution in [2.24, 2.45) is 11.3 Å². The van der Waals surface area contributed by atoms with Crippen LogP contribution < -0.4 is 4.74 Å². The summed E-state index contributed by atoms with van der Waals surface area (Å²) >= 11 is 0. The van der Waals surface area contributed by atoms with Gasteiger partial charge in [-0.05, 0) is 44.1 Å². The lowest BCUT2D eigenvalue weighted by Crippen LogP contribution is -2.58. The van der Waals surface area contributed by atoms with Gasteiger partial charge in [0, 0.05) is 43.8 Å². The number of fused-ring (bicyclic) bond motifs is 1. The summed E-state index contributed by atoms with van der Waals surface area (Å²) in [5.74, 6) is 1.61. The molecule has 2 saturated heterocycles. The van der Waals surface area contributed by atoms with Gasteiger partial charge in [-0.25, -0.2) is 4.98 Å². The molecular weight excluding hydrogens is 304 g/mol. The van der Waals surface area contributed by atoms with Crippen LogP contribution in [0.2, 0.25) is 0 Å². The van der Waals surface area contributed by atoms with Crippen LogP contribution in [0.1, 0.15) is 38.5 Å². The summed E-state index contributed by atoms with van der Waals surface area (Å²) in [6.45, 7) is 2.98. The van der Waals surface area contributed by atoms with E-state index in [1.165, 1.54) is 12.8 Å². The lowest BCUT2D eigenvalue weighted by atomic mass is 9.73. The molecule has 0 unspecified atom stereocenters. The minimum atomic E-state index is -0.0900. The van der Waals surface area contributed by atoms with Crippen LogP contribution in [0.15, 0.2) is 24.4 Å². The van der Waals surface area contributed by atoms with E-state index in [2.05, 4.69) is 9.88 Å². The van der Waals surface area contributed by atoms with Crippen molar-refractivity contribution in [2.75, 3.05) is 26.3 Å². The van der Waals surface area contributed by atoms with E-state index in [0.717, 1.165) is 45.4 Å². The van der Waals surface area contributed by atoms with Crippen molar-refractivity contribution in [2.45, 2.75) is 44.6 Å². The fraction of sp³-hybridized carbons (Fsp3) is 0.684. The van der Waals surface area contributed by atoms with Crippen molar-refractivity contribution in [3.63, 3.8) is 0 Å². The fourth-order valence-electron chi connectivity index (χ4n) is 4.06. The first-order valence-corrected chi connectivity index (χ1v) is 9.18. The highest BCUT2D eigenvalue weighted by Crippen LogP contribution is 2.41. The van der Waals surface area contributed by atoms with Gasteiger partial charge in [-0.15, -0.1) is 0 Å². The highest BCUT2D eigenvalue weighted by molar-refractivity contribution is 5.77. The molecule has 1 aliphatic carbocycles. The van der Waals surface area contributed by atoms with E-state index in [0.29, 0.717) is 24.3 Å². The number of pyridine rings is 1. The summed E-state index contributed by atoms with van der Waals surface area (Å²) < 4.78 is 12.1. The highest BCUT2D eigenvalue weighted by atomic mass is 16.5. The molecular formula is C19H26N2O3. The Hall–Kier alpha value is -1.62. The number of rotatable bonds is 5. The number of carbonyl (C=O) groups excluding carboxylic acids is 1. The first kappa shape index (κ1) is 15.9. The van der Waals surface area contributed by atoms with Gasteiger partial charge in [-0.1, -0.05) is 6.07 Å². The van der Waals surface area contributed by atoms with Gasteiger partial charge < -0.3 is 14.4 Å². The molecule has 0 bridgehead atoms. The zero-order valence-electron chi connectivity index (χ0n) is 14.2. The average Bonchev–Trinajstić information content (AvgIpc) is 3.44. The average molecular weight is 330 g/mol. The molecule has 1 amide bonds. The lowest BCUT2D eigenvalue weighted by molar-refractivity contribution is -0.158. The molecule has 1 saturated carbocycles. The predicted molar refractivity (Wildman–Crippen MR) is 89.7 cm³/mol. The molecule has 0 spiro atoms. The van der Waals surface area contributed by atoms with Gasteiger partial charge in [0.05, 0.1) is 12.7 Å². The normalized spacial score (nSPS) is 29.8. The molecule has 0 N–H and O–H groups in total. The Bertz CT molecular complexity index is 575. The number of ether oxygens (including phenoxy) is 2. The first-order chi connectivity index (χ1) is 11.8. The summed E-state index contributed by atoms with van der Waals surface area (Å²) in [6.07, 6.45) is 8.11. The molecule has 3 aliphatic rings. The SMILES string of the molecule is O=C(CC1CC1)N1CC[C@H]2OCCC[C@@]2(COc2ccccn2)C1. The van der Waals surface area contributed by atoms with Crippen molar-refractivity contribution in [3.05, 3.63) is 24.4 Å². The van der Waals surface area contributed by atoms with Crippen LogP contribution in [-0.2, 0) is 9.53 Å². The van der Waals surface area contributed by atoms with E-state index in [-0.39, 0.29) is 11.5 Å². The number of carbonyl (C=O) groups is 1. The molecule has 1 aromatic rings. The van der Waals surface area contributed by atoms with Gasteiger partial charge in [-0.3, -0.25) is 4.79 Å². The maximum absolute atomic E-state index is 12.6. The molecule has 0 aromatic carbocycles.